The zero-order valence-corrected chi connectivity index (χ0v) is 19.4. The highest BCUT2D eigenvalue weighted by Gasteiger charge is 2.53. The second kappa shape index (κ2) is 8.41. The molecule has 3 aliphatic rings. The summed E-state index contributed by atoms with van der Waals surface area (Å²) in [6.45, 7) is 0. The highest BCUT2D eigenvalue weighted by molar-refractivity contribution is 6.05. The molecule has 1 heterocycles. The highest BCUT2D eigenvalue weighted by atomic mass is 16.6. The van der Waals surface area contributed by atoms with Crippen molar-refractivity contribution in [3.63, 3.8) is 0 Å². The molecule has 0 unspecified atom stereocenters. The summed E-state index contributed by atoms with van der Waals surface area (Å²) < 4.78 is 5.30. The Morgan fingerprint density at radius 2 is 1.86 bits per heavy atom. The van der Waals surface area contributed by atoms with Crippen molar-refractivity contribution in [3.05, 3.63) is 93.5 Å². The van der Waals surface area contributed by atoms with Crippen LogP contribution in [0, 0.1) is 27.9 Å². The third kappa shape index (κ3) is 3.62. The van der Waals surface area contributed by atoms with Crippen molar-refractivity contribution in [3.8, 4) is 5.75 Å². The molecule has 2 saturated carbocycles. The van der Waals surface area contributed by atoms with E-state index < -0.39 is 4.92 Å². The Kier molecular flexibility index (Phi) is 5.20. The number of nitrogens with zero attached hydrogens (tertiary/aromatic N) is 1. The van der Waals surface area contributed by atoms with Gasteiger partial charge in [-0.25, -0.2) is 0 Å². The standard InChI is InChI=1S/C28H27N3O4/c1-35-24-12-10-20(31(33)34)15-23(24)30-28(32)19-9-11-22-21(14-19)25-17-7-8-18(13-17)26(25)27(29-22)16-5-3-2-4-6-16/h2-6,9-12,14-15,17-18,25-27,29H,7-8,13H2,1H3,(H,30,32)/t17-,18-,25-,26-,27-/m0/s1. The summed E-state index contributed by atoms with van der Waals surface area (Å²) in [5.74, 6) is 2.35. The zero-order valence-electron chi connectivity index (χ0n) is 19.4. The molecule has 3 aromatic rings. The van der Waals surface area contributed by atoms with Crippen LogP contribution in [0.1, 0.15) is 52.7 Å². The van der Waals surface area contributed by atoms with Crippen LogP contribution >= 0.6 is 0 Å². The topological polar surface area (TPSA) is 93.5 Å². The van der Waals surface area contributed by atoms with Gasteiger partial charge < -0.3 is 15.4 Å². The molecule has 35 heavy (non-hydrogen) atoms. The number of nitro groups is 1. The predicted octanol–water partition coefficient (Wildman–Crippen LogP) is 6.15. The van der Waals surface area contributed by atoms with Gasteiger partial charge in [0.05, 0.1) is 23.8 Å². The summed E-state index contributed by atoms with van der Waals surface area (Å²) >= 11 is 0. The molecular formula is C28H27N3O4. The van der Waals surface area contributed by atoms with Gasteiger partial charge in [-0.05, 0) is 78.3 Å². The van der Waals surface area contributed by atoms with E-state index in [9.17, 15) is 14.9 Å². The van der Waals surface area contributed by atoms with Crippen molar-refractivity contribution >= 4 is 23.0 Å². The quantitative estimate of drug-likeness (QED) is 0.345. The highest BCUT2D eigenvalue weighted by Crippen LogP contribution is 2.63. The van der Waals surface area contributed by atoms with E-state index >= 15 is 0 Å². The summed E-state index contributed by atoms with van der Waals surface area (Å²) in [6.07, 6.45) is 3.77. The molecule has 7 heteroatoms. The number of amides is 1. The van der Waals surface area contributed by atoms with Crippen molar-refractivity contribution in [2.24, 2.45) is 17.8 Å². The maximum Gasteiger partial charge on any atom is 0.271 e. The molecule has 2 N–H and O–H groups in total. The van der Waals surface area contributed by atoms with Gasteiger partial charge in [-0.1, -0.05) is 30.3 Å². The van der Waals surface area contributed by atoms with E-state index in [1.165, 1.54) is 55.7 Å². The lowest BCUT2D eigenvalue weighted by Crippen LogP contribution is -2.35. The molecule has 7 nitrogen and oxygen atoms in total. The number of anilines is 2. The Labute approximate surface area is 203 Å². The van der Waals surface area contributed by atoms with Crippen molar-refractivity contribution in [1.29, 1.82) is 0 Å². The molecule has 0 spiro atoms. The molecule has 2 aliphatic carbocycles. The molecule has 2 fully saturated rings. The lowest BCUT2D eigenvalue weighted by atomic mass is 9.68. The Morgan fingerprint density at radius 3 is 2.63 bits per heavy atom. The molecule has 0 aromatic heterocycles. The van der Waals surface area contributed by atoms with Gasteiger partial charge in [-0.3, -0.25) is 14.9 Å². The molecule has 0 radical (unpaired) electrons. The second-order valence-electron chi connectivity index (χ2n) is 9.87. The number of benzene rings is 3. The first-order valence-corrected chi connectivity index (χ1v) is 12.1. The second-order valence-corrected chi connectivity index (χ2v) is 9.87. The number of hydrogen-bond donors (Lipinski definition) is 2. The molecule has 2 bridgehead atoms. The Bertz CT molecular complexity index is 1310. The number of nitrogens with one attached hydrogen (secondary N) is 2. The molecule has 178 valence electrons. The third-order valence-corrected chi connectivity index (χ3v) is 8.15. The number of fused-ring (bicyclic) bond motifs is 7. The van der Waals surface area contributed by atoms with E-state index in [2.05, 4.69) is 41.0 Å². The van der Waals surface area contributed by atoms with E-state index in [1.54, 1.807) is 0 Å². The average Bonchev–Trinajstić information content (AvgIpc) is 3.51. The van der Waals surface area contributed by atoms with E-state index in [4.69, 9.17) is 4.74 Å². The third-order valence-electron chi connectivity index (χ3n) is 8.15. The number of methoxy groups -OCH3 is 1. The minimum atomic E-state index is -0.488. The van der Waals surface area contributed by atoms with Crippen LogP contribution in [0.5, 0.6) is 5.75 Å². The molecule has 3 aromatic carbocycles. The van der Waals surface area contributed by atoms with Gasteiger partial charge in [0.15, 0.2) is 0 Å². The number of carbonyl (C=O) groups is 1. The number of rotatable bonds is 5. The van der Waals surface area contributed by atoms with Gasteiger partial charge in [-0.15, -0.1) is 0 Å². The van der Waals surface area contributed by atoms with Crippen LogP contribution in [0.2, 0.25) is 0 Å². The number of nitro benzene ring substituents is 1. The Balaban J connectivity index is 1.33. The Hall–Kier alpha value is -3.87. The number of hydrogen-bond acceptors (Lipinski definition) is 5. The van der Waals surface area contributed by atoms with Crippen LogP contribution in [-0.4, -0.2) is 17.9 Å². The molecule has 1 amide bonds. The van der Waals surface area contributed by atoms with E-state index in [0.29, 0.717) is 35.0 Å². The lowest BCUT2D eigenvalue weighted by molar-refractivity contribution is -0.384. The van der Waals surface area contributed by atoms with Crippen molar-refractivity contribution in [2.75, 3.05) is 17.7 Å². The largest absolute Gasteiger partial charge is 0.495 e. The van der Waals surface area contributed by atoms with Crippen molar-refractivity contribution < 1.29 is 14.5 Å². The van der Waals surface area contributed by atoms with Crippen molar-refractivity contribution in [2.45, 2.75) is 31.2 Å². The summed E-state index contributed by atoms with van der Waals surface area (Å²) in [4.78, 5) is 24.0. The van der Waals surface area contributed by atoms with E-state index in [1.807, 2.05) is 18.2 Å². The van der Waals surface area contributed by atoms with Crippen LogP contribution in [0.4, 0.5) is 17.1 Å². The van der Waals surface area contributed by atoms with Crippen LogP contribution in [0.15, 0.2) is 66.7 Å². The molecule has 0 saturated heterocycles. The summed E-state index contributed by atoms with van der Waals surface area (Å²) in [6, 6.07) is 21.0. The van der Waals surface area contributed by atoms with Crippen LogP contribution < -0.4 is 15.4 Å². The fourth-order valence-electron chi connectivity index (χ4n) is 6.72. The maximum atomic E-state index is 13.2. The predicted molar refractivity (Wildman–Crippen MR) is 134 cm³/mol. The van der Waals surface area contributed by atoms with Crippen LogP contribution in [0.25, 0.3) is 0 Å². The van der Waals surface area contributed by atoms with Gasteiger partial charge in [0, 0.05) is 23.4 Å². The molecular weight excluding hydrogens is 442 g/mol. The van der Waals surface area contributed by atoms with Crippen LogP contribution in [-0.2, 0) is 0 Å². The van der Waals surface area contributed by atoms with E-state index in [0.717, 1.165) is 5.69 Å². The summed E-state index contributed by atoms with van der Waals surface area (Å²) in [5, 5.41) is 17.8. The minimum absolute atomic E-state index is 0.104. The van der Waals surface area contributed by atoms with Gasteiger partial charge in [-0.2, -0.15) is 0 Å². The first kappa shape index (κ1) is 21.6. The molecule has 1 aliphatic heterocycles. The minimum Gasteiger partial charge on any atom is -0.495 e. The average molecular weight is 470 g/mol. The molecule has 5 atom stereocenters. The molecule has 6 rings (SSSR count). The van der Waals surface area contributed by atoms with Crippen LogP contribution in [0.3, 0.4) is 0 Å². The first-order valence-electron chi connectivity index (χ1n) is 12.1. The smallest absolute Gasteiger partial charge is 0.271 e. The normalized spacial score (nSPS) is 25.8. The van der Waals surface area contributed by atoms with E-state index in [-0.39, 0.29) is 23.3 Å². The van der Waals surface area contributed by atoms with Gasteiger partial charge in [0.25, 0.3) is 11.6 Å². The summed E-state index contributed by atoms with van der Waals surface area (Å²) in [7, 11) is 1.47. The van der Waals surface area contributed by atoms with Gasteiger partial charge >= 0.3 is 0 Å². The Morgan fingerprint density at radius 1 is 1.06 bits per heavy atom. The maximum absolute atomic E-state index is 13.2. The fraction of sp³-hybridized carbons (Fsp3) is 0.321. The van der Waals surface area contributed by atoms with Crippen molar-refractivity contribution in [1.82, 2.24) is 0 Å². The summed E-state index contributed by atoms with van der Waals surface area (Å²) in [5.41, 5.74) is 4.35. The zero-order chi connectivity index (χ0) is 24.1. The van der Waals surface area contributed by atoms with Gasteiger partial charge in [0.1, 0.15) is 5.75 Å². The fourth-order valence-corrected chi connectivity index (χ4v) is 6.72. The number of non-ortho nitro benzene ring substituents is 1. The number of ether oxygens (including phenoxy) is 1. The SMILES string of the molecule is COc1ccc([N+](=O)[O-])cc1NC(=O)c1ccc2c(c1)[C@@H]1[C@H]3CC[C@@H](C3)[C@@H]1[C@H](c1ccccc1)N2. The van der Waals surface area contributed by atoms with Gasteiger partial charge in [0.2, 0.25) is 0 Å². The first-order chi connectivity index (χ1) is 17.0. The lowest BCUT2D eigenvalue weighted by Gasteiger charge is -2.43. The monoisotopic (exact) mass is 469 g/mol. The number of carbonyl (C=O) groups excluding carboxylic acids is 1.